The molecule has 16 heavy (non-hydrogen) atoms. The van der Waals surface area contributed by atoms with Gasteiger partial charge in [-0.05, 0) is 17.7 Å². The van der Waals surface area contributed by atoms with Gasteiger partial charge in [0.05, 0.1) is 5.56 Å². The van der Waals surface area contributed by atoms with Crippen molar-refractivity contribution in [1.29, 1.82) is 0 Å². The zero-order valence-electron chi connectivity index (χ0n) is 9.27. The lowest BCUT2D eigenvalue weighted by molar-refractivity contribution is -0.100. The molecule has 0 spiro atoms. The van der Waals surface area contributed by atoms with Crippen molar-refractivity contribution in [2.24, 2.45) is 5.73 Å². The van der Waals surface area contributed by atoms with Crippen LogP contribution in [0.5, 0.6) is 5.75 Å². The third-order valence-electron chi connectivity index (χ3n) is 2.26. The smallest absolute Gasteiger partial charge is 0.252 e. The predicted octanol–water partition coefficient (Wildman–Crippen LogP) is 0.653. The molecule has 0 aliphatic heterocycles. The van der Waals surface area contributed by atoms with Crippen molar-refractivity contribution in [2.45, 2.75) is 12.7 Å². The van der Waals surface area contributed by atoms with Crippen molar-refractivity contribution in [3.05, 3.63) is 29.3 Å². The van der Waals surface area contributed by atoms with E-state index in [1.165, 1.54) is 26.4 Å². The average Bonchev–Trinajstić information content (AvgIpc) is 2.25. The van der Waals surface area contributed by atoms with E-state index in [1.807, 2.05) is 0 Å². The zero-order chi connectivity index (χ0) is 12.1. The number of methoxy groups -OCH3 is 2. The summed E-state index contributed by atoms with van der Waals surface area (Å²) in [6.07, 6.45) is 0.110. The quantitative estimate of drug-likeness (QED) is 0.721. The molecule has 0 aliphatic carbocycles. The first-order valence-corrected chi connectivity index (χ1v) is 4.75. The van der Waals surface area contributed by atoms with Crippen LogP contribution in [-0.4, -0.2) is 31.5 Å². The molecule has 1 aromatic carbocycles. The molecule has 0 saturated carbocycles. The Hall–Kier alpha value is -1.59. The SMILES string of the molecule is COC(Cc1ccc(C(N)=O)c(O)c1)OC. The van der Waals surface area contributed by atoms with Crippen LogP contribution in [0.2, 0.25) is 0 Å². The fourth-order valence-corrected chi connectivity index (χ4v) is 1.37. The second-order valence-electron chi connectivity index (χ2n) is 3.32. The van der Waals surface area contributed by atoms with Crippen LogP contribution in [0.3, 0.4) is 0 Å². The van der Waals surface area contributed by atoms with E-state index in [0.29, 0.717) is 6.42 Å². The summed E-state index contributed by atoms with van der Waals surface area (Å²) in [5.41, 5.74) is 5.98. The number of benzene rings is 1. The van der Waals surface area contributed by atoms with Gasteiger partial charge >= 0.3 is 0 Å². The number of rotatable bonds is 5. The van der Waals surface area contributed by atoms with E-state index in [9.17, 15) is 9.90 Å². The Bertz CT molecular complexity index is 374. The summed E-state index contributed by atoms with van der Waals surface area (Å²) in [5.74, 6) is -0.782. The van der Waals surface area contributed by atoms with E-state index >= 15 is 0 Å². The van der Waals surface area contributed by atoms with Crippen molar-refractivity contribution in [2.75, 3.05) is 14.2 Å². The van der Waals surface area contributed by atoms with Crippen LogP contribution in [0, 0.1) is 0 Å². The van der Waals surface area contributed by atoms with E-state index in [4.69, 9.17) is 15.2 Å². The summed E-state index contributed by atoms with van der Waals surface area (Å²) in [6.45, 7) is 0. The molecular formula is C11H15NO4. The second kappa shape index (κ2) is 5.48. The molecule has 1 aromatic rings. The van der Waals surface area contributed by atoms with E-state index in [2.05, 4.69) is 0 Å². The van der Waals surface area contributed by atoms with Crippen LogP contribution in [-0.2, 0) is 15.9 Å². The van der Waals surface area contributed by atoms with Gasteiger partial charge in [0.15, 0.2) is 6.29 Å². The van der Waals surface area contributed by atoms with Crippen LogP contribution in [0.4, 0.5) is 0 Å². The summed E-state index contributed by atoms with van der Waals surface area (Å²) in [7, 11) is 3.07. The van der Waals surface area contributed by atoms with E-state index in [-0.39, 0.29) is 17.6 Å². The van der Waals surface area contributed by atoms with Crippen molar-refractivity contribution < 1.29 is 19.4 Å². The summed E-state index contributed by atoms with van der Waals surface area (Å²) in [4.78, 5) is 10.9. The van der Waals surface area contributed by atoms with Crippen molar-refractivity contribution >= 4 is 5.91 Å². The van der Waals surface area contributed by atoms with E-state index in [1.54, 1.807) is 6.07 Å². The highest BCUT2D eigenvalue weighted by atomic mass is 16.7. The summed E-state index contributed by atoms with van der Waals surface area (Å²) in [6, 6.07) is 4.66. The van der Waals surface area contributed by atoms with E-state index < -0.39 is 5.91 Å². The molecule has 0 aromatic heterocycles. The predicted molar refractivity (Wildman–Crippen MR) is 58.1 cm³/mol. The summed E-state index contributed by atoms with van der Waals surface area (Å²) in [5, 5.41) is 9.54. The molecule has 0 saturated heterocycles. The Kier molecular flexibility index (Phi) is 4.28. The highest BCUT2D eigenvalue weighted by Gasteiger charge is 2.11. The third-order valence-corrected chi connectivity index (χ3v) is 2.26. The molecule has 1 rings (SSSR count). The Morgan fingerprint density at radius 3 is 2.50 bits per heavy atom. The van der Waals surface area contributed by atoms with E-state index in [0.717, 1.165) is 5.56 Å². The maximum absolute atomic E-state index is 10.9. The van der Waals surface area contributed by atoms with Gasteiger partial charge in [-0.1, -0.05) is 6.07 Å². The number of amides is 1. The van der Waals surface area contributed by atoms with Gasteiger partial charge in [-0.3, -0.25) is 4.79 Å². The Morgan fingerprint density at radius 2 is 2.06 bits per heavy atom. The number of carbonyl (C=O) groups is 1. The first kappa shape index (κ1) is 12.5. The highest BCUT2D eigenvalue weighted by Crippen LogP contribution is 2.19. The number of carbonyl (C=O) groups excluding carboxylic acids is 1. The molecule has 0 aliphatic rings. The van der Waals surface area contributed by atoms with Gasteiger partial charge in [0, 0.05) is 20.6 Å². The minimum absolute atomic E-state index is 0.107. The third kappa shape index (κ3) is 2.95. The molecule has 0 unspecified atom stereocenters. The van der Waals surface area contributed by atoms with Crippen LogP contribution < -0.4 is 5.73 Å². The lowest BCUT2D eigenvalue weighted by Crippen LogP contribution is -2.16. The summed E-state index contributed by atoms with van der Waals surface area (Å²) >= 11 is 0. The lowest BCUT2D eigenvalue weighted by atomic mass is 10.1. The normalized spacial score (nSPS) is 10.7. The number of primary amides is 1. The first-order valence-electron chi connectivity index (χ1n) is 4.75. The van der Waals surface area contributed by atoms with Gasteiger partial charge in [0.1, 0.15) is 5.75 Å². The maximum atomic E-state index is 10.9. The van der Waals surface area contributed by atoms with Gasteiger partial charge in [0.2, 0.25) is 0 Å². The number of phenols is 1. The fourth-order valence-electron chi connectivity index (χ4n) is 1.37. The van der Waals surface area contributed by atoms with Crippen LogP contribution in [0.1, 0.15) is 15.9 Å². The molecule has 0 heterocycles. The largest absolute Gasteiger partial charge is 0.507 e. The Balaban J connectivity index is 2.84. The van der Waals surface area contributed by atoms with Gasteiger partial charge < -0.3 is 20.3 Å². The zero-order valence-corrected chi connectivity index (χ0v) is 9.27. The van der Waals surface area contributed by atoms with Crippen LogP contribution >= 0.6 is 0 Å². The topological polar surface area (TPSA) is 81.8 Å². The molecule has 1 amide bonds. The molecule has 0 bridgehead atoms. The van der Waals surface area contributed by atoms with Crippen molar-refractivity contribution in [1.82, 2.24) is 0 Å². The van der Waals surface area contributed by atoms with Crippen molar-refractivity contribution in [3.63, 3.8) is 0 Å². The van der Waals surface area contributed by atoms with Gasteiger partial charge in [-0.15, -0.1) is 0 Å². The Morgan fingerprint density at radius 1 is 1.44 bits per heavy atom. The highest BCUT2D eigenvalue weighted by molar-refractivity contribution is 5.95. The van der Waals surface area contributed by atoms with Gasteiger partial charge in [-0.2, -0.15) is 0 Å². The van der Waals surface area contributed by atoms with Gasteiger partial charge in [0.25, 0.3) is 5.91 Å². The summed E-state index contributed by atoms with van der Waals surface area (Å²) < 4.78 is 10.1. The number of ether oxygens (including phenoxy) is 2. The minimum atomic E-state index is -0.654. The Labute approximate surface area is 93.8 Å². The molecule has 5 heteroatoms. The monoisotopic (exact) mass is 225 g/mol. The molecule has 5 nitrogen and oxygen atoms in total. The molecule has 88 valence electrons. The molecule has 0 atom stereocenters. The minimum Gasteiger partial charge on any atom is -0.507 e. The van der Waals surface area contributed by atoms with Gasteiger partial charge in [-0.25, -0.2) is 0 Å². The van der Waals surface area contributed by atoms with Crippen LogP contribution in [0.15, 0.2) is 18.2 Å². The molecular weight excluding hydrogens is 210 g/mol. The lowest BCUT2D eigenvalue weighted by Gasteiger charge is -2.13. The number of hydrogen-bond donors (Lipinski definition) is 2. The maximum Gasteiger partial charge on any atom is 0.252 e. The number of aromatic hydroxyl groups is 1. The average molecular weight is 225 g/mol. The second-order valence-corrected chi connectivity index (χ2v) is 3.32. The standard InChI is InChI=1S/C11H15NO4/c1-15-10(16-2)6-7-3-4-8(11(12)14)9(13)5-7/h3-5,10,13H,6H2,1-2H3,(H2,12,14). The molecule has 3 N–H and O–H groups in total. The number of nitrogens with two attached hydrogens (primary N) is 1. The first-order chi connectivity index (χ1) is 7.58. The fraction of sp³-hybridized carbons (Fsp3) is 0.364. The van der Waals surface area contributed by atoms with Crippen LogP contribution in [0.25, 0.3) is 0 Å². The van der Waals surface area contributed by atoms with Crippen molar-refractivity contribution in [3.8, 4) is 5.75 Å². The molecule has 0 radical (unpaired) electrons. The molecule has 0 fully saturated rings. The number of hydrogen-bond acceptors (Lipinski definition) is 4.